The lowest BCUT2D eigenvalue weighted by molar-refractivity contribution is -0.147. The number of aliphatic carboxylic acids is 1. The molecule has 2 heterocycles. The maximum atomic E-state index is 12.8. The van der Waals surface area contributed by atoms with Crippen molar-refractivity contribution in [1.29, 1.82) is 0 Å². The number of benzene rings is 2. The molecule has 182 valence electrons. The van der Waals surface area contributed by atoms with Gasteiger partial charge in [-0.05, 0) is 68.3 Å². The maximum Gasteiger partial charge on any atom is 0.416 e. The lowest BCUT2D eigenvalue weighted by Gasteiger charge is -2.27. The van der Waals surface area contributed by atoms with E-state index < -0.39 is 23.2 Å². The molecule has 10 heteroatoms. The topological polar surface area (TPSA) is 82.2 Å². The van der Waals surface area contributed by atoms with Gasteiger partial charge in [0.1, 0.15) is 23.6 Å². The van der Waals surface area contributed by atoms with Crippen molar-refractivity contribution in [1.82, 2.24) is 19.6 Å². The number of rotatable bonds is 6. The molecule has 1 aliphatic carbocycles. The lowest BCUT2D eigenvalue weighted by atomic mass is 9.97. The first-order valence-corrected chi connectivity index (χ1v) is 11.3. The Balaban J connectivity index is 1.33. The number of alkyl halides is 3. The highest BCUT2D eigenvalue weighted by atomic mass is 19.4. The molecule has 1 aliphatic rings. The fraction of sp³-hybridized carbons (Fsp3) is 0.320. The summed E-state index contributed by atoms with van der Waals surface area (Å²) >= 11 is 0. The minimum absolute atomic E-state index is 0.123. The number of nitrogens with zero attached hydrogens (tertiary/aromatic N) is 4. The number of halogens is 3. The number of hydrogen-bond acceptors (Lipinski definition) is 4. The van der Waals surface area contributed by atoms with Crippen LogP contribution in [0.15, 0.2) is 54.7 Å². The summed E-state index contributed by atoms with van der Waals surface area (Å²) in [4.78, 5) is 13.4. The molecule has 0 aliphatic heterocycles. The molecular weight excluding hydrogens is 461 g/mol. The van der Waals surface area contributed by atoms with Crippen LogP contribution in [-0.4, -0.2) is 30.6 Å². The molecule has 7 nitrogen and oxygen atoms in total. The van der Waals surface area contributed by atoms with Gasteiger partial charge >= 0.3 is 12.1 Å². The molecule has 1 saturated carbocycles. The molecule has 0 radical (unpaired) electrons. The largest absolute Gasteiger partial charge is 0.487 e. The van der Waals surface area contributed by atoms with Crippen molar-refractivity contribution in [2.45, 2.75) is 50.9 Å². The number of carboxylic acids is 1. The predicted molar refractivity (Wildman–Crippen MR) is 121 cm³/mol. The molecule has 0 amide bonds. The highest BCUT2D eigenvalue weighted by Gasteiger charge is 2.43. The fourth-order valence-corrected chi connectivity index (χ4v) is 4.69. The second-order valence-electron chi connectivity index (χ2n) is 8.81. The van der Waals surface area contributed by atoms with Crippen LogP contribution >= 0.6 is 0 Å². The Hall–Kier alpha value is -3.82. The SMILES string of the molecule is Cc1nn(-c2ccc(C(F)(F)F)cc2)nc1COc1ccc2c(ccn2C2(C(=O)O)CCCC2)c1. The third-order valence-corrected chi connectivity index (χ3v) is 6.63. The normalized spacial score (nSPS) is 15.5. The lowest BCUT2D eigenvalue weighted by Crippen LogP contribution is -2.38. The average molecular weight is 484 g/mol. The van der Waals surface area contributed by atoms with Crippen molar-refractivity contribution in [3.8, 4) is 11.4 Å². The summed E-state index contributed by atoms with van der Waals surface area (Å²) in [6.07, 6.45) is 0.419. The van der Waals surface area contributed by atoms with Crippen LogP contribution in [0.5, 0.6) is 5.75 Å². The number of fused-ring (bicyclic) bond motifs is 1. The van der Waals surface area contributed by atoms with E-state index in [-0.39, 0.29) is 6.61 Å². The second kappa shape index (κ2) is 8.44. The second-order valence-corrected chi connectivity index (χ2v) is 8.81. The van der Waals surface area contributed by atoms with Crippen LogP contribution in [0, 0.1) is 6.92 Å². The number of carboxylic acid groups (broad SMARTS) is 1. The van der Waals surface area contributed by atoms with Gasteiger partial charge in [-0.15, -0.1) is 5.10 Å². The third kappa shape index (κ3) is 4.13. The average Bonchev–Trinajstić information content (AvgIpc) is 3.55. The molecular formula is C25H23F3N4O3. The number of ether oxygens (including phenoxy) is 1. The fourth-order valence-electron chi connectivity index (χ4n) is 4.69. The smallest absolute Gasteiger partial charge is 0.416 e. The van der Waals surface area contributed by atoms with E-state index in [0.717, 1.165) is 35.9 Å². The zero-order chi connectivity index (χ0) is 24.8. The Labute approximate surface area is 198 Å². The van der Waals surface area contributed by atoms with Crippen LogP contribution in [0.2, 0.25) is 0 Å². The molecule has 1 fully saturated rings. The van der Waals surface area contributed by atoms with Crippen molar-refractivity contribution in [3.05, 3.63) is 71.7 Å². The van der Waals surface area contributed by atoms with Gasteiger partial charge in [-0.3, -0.25) is 0 Å². The number of hydrogen-bond donors (Lipinski definition) is 1. The van der Waals surface area contributed by atoms with Crippen LogP contribution in [0.1, 0.15) is 42.6 Å². The van der Waals surface area contributed by atoms with Crippen LogP contribution < -0.4 is 4.74 Å². The van der Waals surface area contributed by atoms with Gasteiger partial charge < -0.3 is 14.4 Å². The monoisotopic (exact) mass is 484 g/mol. The van der Waals surface area contributed by atoms with Gasteiger partial charge in [0.15, 0.2) is 0 Å². The molecule has 35 heavy (non-hydrogen) atoms. The summed E-state index contributed by atoms with van der Waals surface area (Å²) in [6.45, 7) is 1.88. The van der Waals surface area contributed by atoms with Gasteiger partial charge in [-0.25, -0.2) is 4.79 Å². The Morgan fingerprint density at radius 2 is 1.80 bits per heavy atom. The summed E-state index contributed by atoms with van der Waals surface area (Å²) in [5.41, 5.74) is 0.763. The van der Waals surface area contributed by atoms with E-state index in [1.54, 1.807) is 13.0 Å². The summed E-state index contributed by atoms with van der Waals surface area (Å²) in [6, 6.07) is 12.0. The molecule has 0 bridgehead atoms. The van der Waals surface area contributed by atoms with Crippen molar-refractivity contribution < 1.29 is 27.8 Å². The molecule has 4 aromatic rings. The summed E-state index contributed by atoms with van der Waals surface area (Å²) in [5.74, 6) is -0.214. The zero-order valence-electron chi connectivity index (χ0n) is 18.9. The Morgan fingerprint density at radius 1 is 1.09 bits per heavy atom. The molecule has 0 spiro atoms. The molecule has 2 aromatic carbocycles. The van der Waals surface area contributed by atoms with Crippen LogP contribution in [0.25, 0.3) is 16.6 Å². The van der Waals surface area contributed by atoms with Crippen molar-refractivity contribution in [2.75, 3.05) is 0 Å². The number of carbonyl (C=O) groups is 1. The summed E-state index contributed by atoms with van der Waals surface area (Å²) < 4.78 is 46.2. The van der Waals surface area contributed by atoms with Crippen LogP contribution in [-0.2, 0) is 23.1 Å². The van der Waals surface area contributed by atoms with E-state index in [0.29, 0.717) is 35.7 Å². The van der Waals surface area contributed by atoms with Crippen molar-refractivity contribution in [2.24, 2.45) is 0 Å². The third-order valence-electron chi connectivity index (χ3n) is 6.63. The molecule has 0 unspecified atom stereocenters. The Kier molecular flexibility index (Phi) is 5.53. The van der Waals surface area contributed by atoms with E-state index in [9.17, 15) is 23.1 Å². The highest BCUT2D eigenvalue weighted by Crippen LogP contribution is 2.40. The van der Waals surface area contributed by atoms with Gasteiger partial charge in [0.2, 0.25) is 0 Å². The standard InChI is InChI=1S/C25H23F3N4O3/c1-16-21(30-32(29-16)19-6-4-18(5-7-19)25(26,27)28)15-35-20-8-9-22-17(14-20)10-13-31(22)24(23(33)34)11-2-3-12-24/h4-10,13-14H,2-3,11-12,15H2,1H3,(H,33,34). The Morgan fingerprint density at radius 3 is 2.46 bits per heavy atom. The number of aryl methyl sites for hydroxylation is 1. The van der Waals surface area contributed by atoms with E-state index in [4.69, 9.17) is 4.74 Å². The van der Waals surface area contributed by atoms with Crippen LogP contribution in [0.4, 0.5) is 13.2 Å². The van der Waals surface area contributed by atoms with Crippen LogP contribution in [0.3, 0.4) is 0 Å². The summed E-state index contributed by atoms with van der Waals surface area (Å²) in [7, 11) is 0. The van der Waals surface area contributed by atoms with Crippen molar-refractivity contribution in [3.63, 3.8) is 0 Å². The van der Waals surface area contributed by atoms with Gasteiger partial charge in [-0.2, -0.15) is 23.1 Å². The molecule has 5 rings (SSSR count). The first-order valence-electron chi connectivity index (χ1n) is 11.3. The molecule has 0 saturated heterocycles. The van der Waals surface area contributed by atoms with E-state index in [1.807, 2.05) is 29.0 Å². The van der Waals surface area contributed by atoms with Gasteiger partial charge in [-0.1, -0.05) is 12.8 Å². The molecule has 0 atom stereocenters. The van der Waals surface area contributed by atoms with E-state index >= 15 is 0 Å². The quantitative estimate of drug-likeness (QED) is 0.392. The van der Waals surface area contributed by atoms with Gasteiger partial charge in [0, 0.05) is 17.1 Å². The Bertz CT molecular complexity index is 1380. The molecule has 1 N–H and O–H groups in total. The van der Waals surface area contributed by atoms with Gasteiger partial charge in [0.25, 0.3) is 0 Å². The van der Waals surface area contributed by atoms with Crippen molar-refractivity contribution >= 4 is 16.9 Å². The predicted octanol–water partition coefficient (Wildman–Crippen LogP) is 5.48. The molecule has 2 aromatic heterocycles. The minimum Gasteiger partial charge on any atom is -0.487 e. The maximum absolute atomic E-state index is 12.8. The minimum atomic E-state index is -4.40. The van der Waals surface area contributed by atoms with E-state index in [1.165, 1.54) is 16.9 Å². The highest BCUT2D eigenvalue weighted by molar-refractivity contribution is 5.86. The summed E-state index contributed by atoms with van der Waals surface area (Å²) in [5, 5.41) is 19.4. The van der Waals surface area contributed by atoms with E-state index in [2.05, 4.69) is 10.2 Å². The number of aromatic nitrogens is 4. The first-order chi connectivity index (χ1) is 16.7. The zero-order valence-corrected chi connectivity index (χ0v) is 18.9. The first kappa shape index (κ1) is 22.9. The van der Waals surface area contributed by atoms with Gasteiger partial charge in [0.05, 0.1) is 16.9 Å².